The van der Waals surface area contributed by atoms with E-state index in [-0.39, 0.29) is 12.5 Å². The minimum Gasteiger partial charge on any atom is -0.484 e. The van der Waals surface area contributed by atoms with Crippen LogP contribution in [0.5, 0.6) is 5.75 Å². The van der Waals surface area contributed by atoms with Crippen molar-refractivity contribution in [1.29, 1.82) is 0 Å². The molecule has 0 radical (unpaired) electrons. The topological polar surface area (TPSA) is 41.6 Å². The first-order chi connectivity index (χ1) is 12.1. The summed E-state index contributed by atoms with van der Waals surface area (Å²) in [5.41, 5.74) is 0. The van der Waals surface area contributed by atoms with E-state index in [0.717, 1.165) is 39.9 Å². The van der Waals surface area contributed by atoms with Crippen LogP contribution in [-0.2, 0) is 4.79 Å². The lowest BCUT2D eigenvalue weighted by molar-refractivity contribution is -0.123. The zero-order chi connectivity index (χ0) is 17.6. The molecule has 5 heteroatoms. The predicted octanol–water partition coefficient (Wildman–Crippen LogP) is 3.83. The number of likely N-dealkylation sites (tertiary alicyclic amines) is 1. The second-order valence-corrected chi connectivity index (χ2v) is 7.74. The summed E-state index contributed by atoms with van der Waals surface area (Å²) >= 11 is 3.47. The summed E-state index contributed by atoms with van der Waals surface area (Å²) in [5.74, 6) is 1.40. The maximum absolute atomic E-state index is 12.0. The van der Waals surface area contributed by atoms with Crippen LogP contribution in [0.25, 0.3) is 10.8 Å². The van der Waals surface area contributed by atoms with Crippen LogP contribution in [0.1, 0.15) is 19.3 Å². The van der Waals surface area contributed by atoms with Crippen molar-refractivity contribution < 1.29 is 9.53 Å². The standard InChI is InChI=1S/C20H25BrN2O2/c1-23-10-7-15(8-11-23)6-9-22-20(24)14-25-19-5-3-16-12-18(21)4-2-17(16)13-19/h2-5,12-13,15H,6-11,14H2,1H3,(H,22,24). The first-order valence-corrected chi connectivity index (χ1v) is 9.67. The molecule has 1 saturated heterocycles. The summed E-state index contributed by atoms with van der Waals surface area (Å²) < 4.78 is 6.69. The van der Waals surface area contributed by atoms with Gasteiger partial charge in [0.15, 0.2) is 6.61 Å². The summed E-state index contributed by atoms with van der Waals surface area (Å²) in [5, 5.41) is 5.22. The molecule has 1 heterocycles. The third kappa shape index (κ3) is 5.44. The van der Waals surface area contributed by atoms with E-state index in [0.29, 0.717) is 0 Å². The second-order valence-electron chi connectivity index (χ2n) is 6.83. The SMILES string of the molecule is CN1CCC(CCNC(=O)COc2ccc3cc(Br)ccc3c2)CC1. The Labute approximate surface area is 157 Å². The van der Waals surface area contributed by atoms with Crippen LogP contribution < -0.4 is 10.1 Å². The number of nitrogens with zero attached hydrogens (tertiary/aromatic N) is 1. The molecule has 2 aromatic rings. The van der Waals surface area contributed by atoms with Crippen molar-refractivity contribution in [3.05, 3.63) is 40.9 Å². The molecule has 0 aliphatic carbocycles. The molecule has 0 unspecified atom stereocenters. The third-order valence-electron chi connectivity index (χ3n) is 4.86. The van der Waals surface area contributed by atoms with Gasteiger partial charge in [0.05, 0.1) is 0 Å². The number of fused-ring (bicyclic) bond motifs is 1. The molecule has 2 aromatic carbocycles. The zero-order valence-corrected chi connectivity index (χ0v) is 16.2. The Morgan fingerprint density at radius 2 is 1.92 bits per heavy atom. The fourth-order valence-corrected chi connectivity index (χ4v) is 3.63. The average Bonchev–Trinajstić information content (AvgIpc) is 2.61. The van der Waals surface area contributed by atoms with Crippen molar-refractivity contribution in [2.24, 2.45) is 5.92 Å². The number of carbonyl (C=O) groups excluding carboxylic acids is 1. The molecule has 0 bridgehead atoms. The van der Waals surface area contributed by atoms with Crippen LogP contribution in [-0.4, -0.2) is 44.1 Å². The van der Waals surface area contributed by atoms with E-state index in [9.17, 15) is 4.79 Å². The molecule has 0 spiro atoms. The number of benzene rings is 2. The van der Waals surface area contributed by atoms with Crippen LogP contribution in [0.3, 0.4) is 0 Å². The van der Waals surface area contributed by atoms with Crippen LogP contribution in [0.15, 0.2) is 40.9 Å². The highest BCUT2D eigenvalue weighted by Gasteiger charge is 2.16. The highest BCUT2D eigenvalue weighted by atomic mass is 79.9. The Balaban J connectivity index is 1.40. The number of carbonyl (C=O) groups is 1. The highest BCUT2D eigenvalue weighted by molar-refractivity contribution is 9.10. The van der Waals surface area contributed by atoms with Gasteiger partial charge in [0.25, 0.3) is 5.91 Å². The van der Waals surface area contributed by atoms with Crippen LogP contribution in [0.2, 0.25) is 0 Å². The van der Waals surface area contributed by atoms with Gasteiger partial charge < -0.3 is 15.0 Å². The largest absolute Gasteiger partial charge is 0.484 e. The molecule has 1 fully saturated rings. The molecule has 134 valence electrons. The lowest BCUT2D eigenvalue weighted by atomic mass is 9.94. The van der Waals surface area contributed by atoms with E-state index >= 15 is 0 Å². The van der Waals surface area contributed by atoms with E-state index in [2.05, 4.69) is 39.3 Å². The zero-order valence-electron chi connectivity index (χ0n) is 14.6. The predicted molar refractivity (Wildman–Crippen MR) is 105 cm³/mol. The molecule has 0 aromatic heterocycles. The maximum Gasteiger partial charge on any atom is 0.257 e. The van der Waals surface area contributed by atoms with E-state index in [1.165, 1.54) is 25.9 Å². The van der Waals surface area contributed by atoms with Crippen LogP contribution in [0.4, 0.5) is 0 Å². The van der Waals surface area contributed by atoms with Crippen molar-refractivity contribution in [3.8, 4) is 5.75 Å². The van der Waals surface area contributed by atoms with E-state index in [4.69, 9.17) is 4.74 Å². The van der Waals surface area contributed by atoms with E-state index in [1.807, 2.05) is 30.3 Å². The van der Waals surface area contributed by atoms with Gasteiger partial charge >= 0.3 is 0 Å². The summed E-state index contributed by atoms with van der Waals surface area (Å²) in [6.07, 6.45) is 3.52. The molecule has 1 aliphatic heterocycles. The monoisotopic (exact) mass is 404 g/mol. The lowest BCUT2D eigenvalue weighted by Crippen LogP contribution is -2.34. The smallest absolute Gasteiger partial charge is 0.257 e. The molecule has 1 N–H and O–H groups in total. The number of hydrogen-bond acceptors (Lipinski definition) is 3. The number of ether oxygens (including phenoxy) is 1. The Bertz CT molecular complexity index is 727. The molecular weight excluding hydrogens is 380 g/mol. The lowest BCUT2D eigenvalue weighted by Gasteiger charge is -2.28. The normalized spacial score (nSPS) is 16.1. The number of halogens is 1. The fraction of sp³-hybridized carbons (Fsp3) is 0.450. The minimum absolute atomic E-state index is 0.0520. The van der Waals surface area contributed by atoms with Crippen LogP contribution in [0, 0.1) is 5.92 Å². The Morgan fingerprint density at radius 1 is 1.20 bits per heavy atom. The minimum atomic E-state index is -0.0520. The molecule has 0 atom stereocenters. The fourth-order valence-electron chi connectivity index (χ4n) is 3.25. The average molecular weight is 405 g/mol. The summed E-state index contributed by atoms with van der Waals surface area (Å²) in [4.78, 5) is 14.3. The Kier molecular flexibility index (Phi) is 6.32. The Hall–Kier alpha value is -1.59. The molecule has 4 nitrogen and oxygen atoms in total. The number of hydrogen-bond donors (Lipinski definition) is 1. The van der Waals surface area contributed by atoms with Gasteiger partial charge in [-0.3, -0.25) is 4.79 Å². The molecule has 3 rings (SSSR count). The second kappa shape index (κ2) is 8.68. The van der Waals surface area contributed by atoms with Crippen molar-refractivity contribution in [2.75, 3.05) is 33.3 Å². The third-order valence-corrected chi connectivity index (χ3v) is 5.35. The number of piperidine rings is 1. The van der Waals surface area contributed by atoms with Crippen molar-refractivity contribution in [3.63, 3.8) is 0 Å². The number of amides is 1. The molecule has 1 aliphatic rings. The van der Waals surface area contributed by atoms with Crippen LogP contribution >= 0.6 is 15.9 Å². The van der Waals surface area contributed by atoms with Gasteiger partial charge in [0.2, 0.25) is 0 Å². The first kappa shape index (κ1) is 18.2. The maximum atomic E-state index is 12.0. The molecule has 25 heavy (non-hydrogen) atoms. The summed E-state index contributed by atoms with van der Waals surface area (Å²) in [6, 6.07) is 12.0. The van der Waals surface area contributed by atoms with Gasteiger partial charge in [-0.25, -0.2) is 0 Å². The molecule has 1 amide bonds. The molecule has 0 saturated carbocycles. The highest BCUT2D eigenvalue weighted by Crippen LogP contribution is 2.24. The van der Waals surface area contributed by atoms with Gasteiger partial charge in [0, 0.05) is 11.0 Å². The van der Waals surface area contributed by atoms with Gasteiger partial charge in [-0.1, -0.05) is 28.1 Å². The quantitative estimate of drug-likeness (QED) is 0.795. The van der Waals surface area contributed by atoms with Crippen molar-refractivity contribution >= 4 is 32.6 Å². The van der Waals surface area contributed by atoms with Crippen molar-refractivity contribution in [1.82, 2.24) is 10.2 Å². The van der Waals surface area contributed by atoms with Crippen molar-refractivity contribution in [2.45, 2.75) is 19.3 Å². The van der Waals surface area contributed by atoms with Gasteiger partial charge in [-0.05, 0) is 80.4 Å². The Morgan fingerprint density at radius 3 is 2.72 bits per heavy atom. The van der Waals surface area contributed by atoms with Gasteiger partial charge in [-0.15, -0.1) is 0 Å². The van der Waals surface area contributed by atoms with Gasteiger partial charge in [-0.2, -0.15) is 0 Å². The number of nitrogens with one attached hydrogen (secondary N) is 1. The van der Waals surface area contributed by atoms with E-state index < -0.39 is 0 Å². The molecular formula is C20H25BrN2O2. The van der Waals surface area contributed by atoms with E-state index in [1.54, 1.807) is 0 Å². The van der Waals surface area contributed by atoms with Gasteiger partial charge in [0.1, 0.15) is 5.75 Å². The number of rotatable bonds is 6. The summed E-state index contributed by atoms with van der Waals surface area (Å²) in [6.45, 7) is 3.14. The summed E-state index contributed by atoms with van der Waals surface area (Å²) in [7, 11) is 2.17. The first-order valence-electron chi connectivity index (χ1n) is 8.87.